The summed E-state index contributed by atoms with van der Waals surface area (Å²) in [7, 11) is 1.59. The van der Waals surface area contributed by atoms with Crippen molar-refractivity contribution in [1.82, 2.24) is 9.13 Å². The van der Waals surface area contributed by atoms with Gasteiger partial charge in [0.25, 0.3) is 0 Å². The van der Waals surface area contributed by atoms with Gasteiger partial charge < -0.3 is 10.2 Å². The van der Waals surface area contributed by atoms with Crippen molar-refractivity contribution < 1.29 is 19.8 Å². The Morgan fingerprint density at radius 3 is 2.50 bits per heavy atom. The van der Waals surface area contributed by atoms with Gasteiger partial charge in [-0.15, -0.1) is 0 Å². The van der Waals surface area contributed by atoms with Crippen molar-refractivity contribution in [2.45, 2.75) is 18.9 Å². The van der Waals surface area contributed by atoms with Gasteiger partial charge in [-0.2, -0.15) is 0 Å². The number of benzene rings is 2. The fourth-order valence-corrected chi connectivity index (χ4v) is 3.08. The molecule has 0 saturated carbocycles. The van der Waals surface area contributed by atoms with Gasteiger partial charge in [0.2, 0.25) is 0 Å². The summed E-state index contributed by atoms with van der Waals surface area (Å²) in [5.41, 5.74) is 0.651. The number of carbonyl (C=O) groups is 2. The Labute approximate surface area is 136 Å². The molecule has 1 aromatic heterocycles. The van der Waals surface area contributed by atoms with Crippen LogP contribution in [0.2, 0.25) is 0 Å². The van der Waals surface area contributed by atoms with Crippen LogP contribution in [0.3, 0.4) is 0 Å². The van der Waals surface area contributed by atoms with Gasteiger partial charge in [0.15, 0.2) is 0 Å². The number of aromatic nitrogens is 2. The van der Waals surface area contributed by atoms with E-state index in [-0.39, 0.29) is 12.8 Å². The number of hydrogen-bond donors (Lipinski definition) is 2. The molecule has 24 heavy (non-hydrogen) atoms. The molecule has 0 saturated heterocycles. The third-order valence-corrected chi connectivity index (χ3v) is 4.20. The Morgan fingerprint density at radius 1 is 1.12 bits per heavy atom. The van der Waals surface area contributed by atoms with Crippen LogP contribution in [0.25, 0.3) is 21.8 Å². The molecule has 1 unspecified atom stereocenters. The molecule has 7 heteroatoms. The highest BCUT2D eigenvalue weighted by Gasteiger charge is 2.26. The first-order valence-electron chi connectivity index (χ1n) is 7.45. The van der Waals surface area contributed by atoms with Crippen LogP contribution in [0.1, 0.15) is 18.9 Å². The number of carboxylic acid groups (broad SMARTS) is 2. The molecule has 3 rings (SSSR count). The van der Waals surface area contributed by atoms with Gasteiger partial charge in [-0.1, -0.05) is 30.3 Å². The van der Waals surface area contributed by atoms with E-state index in [1.807, 2.05) is 30.3 Å². The maximum Gasteiger partial charge on any atom is 0.329 e. The van der Waals surface area contributed by atoms with Crippen LogP contribution in [-0.4, -0.2) is 31.3 Å². The summed E-state index contributed by atoms with van der Waals surface area (Å²) in [5, 5.41) is 20.1. The van der Waals surface area contributed by atoms with Crippen LogP contribution in [0, 0.1) is 0 Å². The van der Waals surface area contributed by atoms with Crippen LogP contribution in [0.5, 0.6) is 0 Å². The zero-order valence-electron chi connectivity index (χ0n) is 13.0. The molecule has 7 nitrogen and oxygen atoms in total. The largest absolute Gasteiger partial charge is 0.481 e. The smallest absolute Gasteiger partial charge is 0.329 e. The fraction of sp³-hybridized carbons (Fsp3) is 0.235. The number of fused-ring (bicyclic) bond motifs is 3. The molecule has 0 radical (unpaired) electrons. The number of aliphatic carboxylic acids is 2. The van der Waals surface area contributed by atoms with Crippen LogP contribution in [0.4, 0.5) is 0 Å². The lowest BCUT2D eigenvalue weighted by atomic mass is 10.1. The van der Waals surface area contributed by atoms with Crippen molar-refractivity contribution in [3.05, 3.63) is 46.9 Å². The molecule has 2 aromatic carbocycles. The standard InChI is InChI=1S/C17H16N2O5/c1-18-15-11-5-3-2-4-10(11)6-7-12(15)19(17(18)24)13(16(22)23)8-9-14(20)21/h2-7,13H,8-9H2,1H3,(H,20,21)(H,22,23). The van der Waals surface area contributed by atoms with Crippen molar-refractivity contribution in [2.75, 3.05) is 0 Å². The van der Waals surface area contributed by atoms with Crippen LogP contribution in [0.15, 0.2) is 41.2 Å². The zero-order chi connectivity index (χ0) is 17.4. The fourth-order valence-electron chi connectivity index (χ4n) is 3.08. The summed E-state index contributed by atoms with van der Waals surface area (Å²) in [6.45, 7) is 0. The van der Waals surface area contributed by atoms with Crippen molar-refractivity contribution in [3.63, 3.8) is 0 Å². The van der Waals surface area contributed by atoms with E-state index in [0.717, 1.165) is 10.8 Å². The minimum atomic E-state index is -1.22. The summed E-state index contributed by atoms with van der Waals surface area (Å²) in [5.74, 6) is -2.32. The molecular weight excluding hydrogens is 312 g/mol. The second kappa shape index (κ2) is 5.84. The number of nitrogens with zero attached hydrogens (tertiary/aromatic N) is 2. The van der Waals surface area contributed by atoms with Crippen molar-refractivity contribution in [3.8, 4) is 0 Å². The van der Waals surface area contributed by atoms with Gasteiger partial charge >= 0.3 is 17.6 Å². The minimum Gasteiger partial charge on any atom is -0.481 e. The van der Waals surface area contributed by atoms with Crippen LogP contribution in [-0.2, 0) is 16.6 Å². The molecule has 0 aliphatic carbocycles. The molecule has 2 N–H and O–H groups in total. The summed E-state index contributed by atoms with van der Waals surface area (Å²) in [6, 6.07) is 9.82. The van der Waals surface area contributed by atoms with E-state index in [1.165, 1.54) is 9.13 Å². The van der Waals surface area contributed by atoms with E-state index in [4.69, 9.17) is 5.11 Å². The second-order valence-corrected chi connectivity index (χ2v) is 5.65. The molecule has 0 amide bonds. The van der Waals surface area contributed by atoms with Crippen molar-refractivity contribution >= 4 is 33.7 Å². The van der Waals surface area contributed by atoms with Crippen LogP contribution >= 0.6 is 0 Å². The SMILES string of the molecule is Cn1c(=O)n(C(CCC(=O)O)C(=O)O)c2ccc3ccccc3c21. The molecule has 0 aliphatic rings. The Bertz CT molecular complexity index is 1010. The Morgan fingerprint density at radius 2 is 1.83 bits per heavy atom. The monoisotopic (exact) mass is 328 g/mol. The molecule has 3 aromatic rings. The molecule has 1 atom stereocenters. The number of hydrogen-bond acceptors (Lipinski definition) is 3. The van der Waals surface area contributed by atoms with Gasteiger partial charge in [0.05, 0.1) is 11.0 Å². The van der Waals surface area contributed by atoms with Crippen LogP contribution < -0.4 is 5.69 Å². The molecular formula is C17H16N2O5. The number of carboxylic acids is 2. The van der Waals surface area contributed by atoms with E-state index in [0.29, 0.717) is 11.0 Å². The highest BCUT2D eigenvalue weighted by atomic mass is 16.4. The molecule has 1 heterocycles. The first-order valence-corrected chi connectivity index (χ1v) is 7.45. The summed E-state index contributed by atoms with van der Waals surface area (Å²) in [4.78, 5) is 35.1. The highest BCUT2D eigenvalue weighted by Crippen LogP contribution is 2.27. The second-order valence-electron chi connectivity index (χ2n) is 5.65. The molecule has 0 spiro atoms. The normalized spacial score (nSPS) is 12.5. The molecule has 124 valence electrons. The lowest BCUT2D eigenvalue weighted by Crippen LogP contribution is -2.31. The predicted molar refractivity (Wildman–Crippen MR) is 88.2 cm³/mol. The summed E-state index contributed by atoms with van der Waals surface area (Å²) >= 11 is 0. The third kappa shape index (κ3) is 2.44. The number of imidazole rings is 1. The van der Waals surface area contributed by atoms with Crippen molar-refractivity contribution in [2.24, 2.45) is 7.05 Å². The topological polar surface area (TPSA) is 102 Å². The van der Waals surface area contributed by atoms with Gasteiger partial charge in [-0.25, -0.2) is 9.59 Å². The number of rotatable bonds is 5. The van der Waals surface area contributed by atoms with Gasteiger partial charge in [0, 0.05) is 18.9 Å². The summed E-state index contributed by atoms with van der Waals surface area (Å²) < 4.78 is 2.58. The highest BCUT2D eigenvalue weighted by molar-refractivity contribution is 6.04. The number of aryl methyl sites for hydroxylation is 1. The third-order valence-electron chi connectivity index (χ3n) is 4.20. The van der Waals surface area contributed by atoms with E-state index >= 15 is 0 Å². The van der Waals surface area contributed by atoms with E-state index in [9.17, 15) is 19.5 Å². The average molecular weight is 328 g/mol. The first-order chi connectivity index (χ1) is 11.4. The maximum absolute atomic E-state index is 12.6. The molecule has 0 aliphatic heterocycles. The quantitative estimate of drug-likeness (QED) is 0.746. The summed E-state index contributed by atoms with van der Waals surface area (Å²) in [6.07, 6.45) is -0.482. The minimum absolute atomic E-state index is 0.156. The lowest BCUT2D eigenvalue weighted by molar-refractivity contribution is -0.142. The molecule has 0 bridgehead atoms. The average Bonchev–Trinajstić information content (AvgIpc) is 2.80. The van der Waals surface area contributed by atoms with E-state index < -0.39 is 23.7 Å². The lowest BCUT2D eigenvalue weighted by Gasteiger charge is -2.13. The Hall–Kier alpha value is -3.09. The van der Waals surface area contributed by atoms with Gasteiger partial charge in [-0.05, 0) is 17.9 Å². The van der Waals surface area contributed by atoms with E-state index in [2.05, 4.69) is 0 Å². The Kier molecular flexibility index (Phi) is 3.84. The van der Waals surface area contributed by atoms with Gasteiger partial charge in [-0.3, -0.25) is 13.9 Å². The first kappa shape index (κ1) is 15.8. The molecule has 0 fully saturated rings. The zero-order valence-corrected chi connectivity index (χ0v) is 13.0. The van der Waals surface area contributed by atoms with E-state index in [1.54, 1.807) is 13.1 Å². The van der Waals surface area contributed by atoms with Gasteiger partial charge in [0.1, 0.15) is 6.04 Å². The maximum atomic E-state index is 12.6. The predicted octanol–water partition coefficient (Wildman–Crippen LogP) is 1.98. The van der Waals surface area contributed by atoms with Crippen molar-refractivity contribution in [1.29, 1.82) is 0 Å². The Balaban J connectivity index is 2.29.